The van der Waals surface area contributed by atoms with Crippen molar-refractivity contribution in [1.82, 2.24) is 4.90 Å². The van der Waals surface area contributed by atoms with Gasteiger partial charge in [-0.1, -0.05) is 62.1 Å². The number of fused-ring (bicyclic) bond motifs is 1. The second-order valence-corrected chi connectivity index (χ2v) is 10.7. The van der Waals surface area contributed by atoms with Crippen LogP contribution in [0.4, 0.5) is 0 Å². The van der Waals surface area contributed by atoms with Crippen LogP contribution < -0.4 is 0 Å². The number of likely N-dealkylation sites (tertiary alicyclic amines) is 1. The summed E-state index contributed by atoms with van der Waals surface area (Å²) in [7, 11) is 0. The van der Waals surface area contributed by atoms with E-state index in [9.17, 15) is 15.0 Å². The lowest BCUT2D eigenvalue weighted by Crippen LogP contribution is -2.35. The van der Waals surface area contributed by atoms with Crippen LogP contribution in [0.2, 0.25) is 0 Å². The molecular formula is C30H43NO3. The fourth-order valence-electron chi connectivity index (χ4n) is 6.19. The van der Waals surface area contributed by atoms with E-state index in [1.165, 1.54) is 17.6 Å². The van der Waals surface area contributed by atoms with Gasteiger partial charge < -0.3 is 15.1 Å². The Bertz CT molecular complexity index is 870. The van der Waals surface area contributed by atoms with Crippen LogP contribution in [0.1, 0.15) is 87.1 Å². The van der Waals surface area contributed by atoms with E-state index in [1.54, 1.807) is 0 Å². The summed E-state index contributed by atoms with van der Waals surface area (Å²) in [6.07, 6.45) is 17.2. The van der Waals surface area contributed by atoms with Crippen molar-refractivity contribution in [2.24, 2.45) is 17.8 Å². The van der Waals surface area contributed by atoms with E-state index in [4.69, 9.17) is 0 Å². The number of aliphatic hydroxyl groups is 2. The standard InChI is InChI=1S/C30H43NO3/c1-2-3-5-11-26(32)14-15-27-28-20-23(19-25(28)21-29(27)33)13-12-22-9-8-10-24(18-22)30(34)31-16-6-4-7-17-31/h8-10,14-15,18-19,25-29,32-33H,2-7,11-13,16-17,20-21H2,1H3/t25-,26-,27+,28-,29+/m0/s1. The normalized spacial score (nSPS) is 27.7. The number of carbonyl (C=O) groups is 1. The van der Waals surface area contributed by atoms with Crippen molar-refractivity contribution < 1.29 is 15.0 Å². The molecular weight excluding hydrogens is 422 g/mol. The zero-order valence-electron chi connectivity index (χ0n) is 20.9. The first kappa shape index (κ1) is 25.2. The number of aliphatic hydroxyl groups excluding tert-OH is 2. The maximum absolute atomic E-state index is 12.9. The maximum Gasteiger partial charge on any atom is 0.253 e. The van der Waals surface area contributed by atoms with E-state index in [0.717, 1.165) is 82.9 Å². The summed E-state index contributed by atoms with van der Waals surface area (Å²) in [6.45, 7) is 3.94. The Kier molecular flexibility index (Phi) is 9.02. The van der Waals surface area contributed by atoms with Crippen molar-refractivity contribution in [3.63, 3.8) is 0 Å². The second kappa shape index (κ2) is 12.2. The zero-order chi connectivity index (χ0) is 23.9. The third-order valence-electron chi connectivity index (χ3n) is 8.16. The van der Waals surface area contributed by atoms with Crippen LogP contribution in [0.25, 0.3) is 0 Å². The van der Waals surface area contributed by atoms with Gasteiger partial charge in [0.15, 0.2) is 0 Å². The van der Waals surface area contributed by atoms with Crippen molar-refractivity contribution in [3.05, 3.63) is 59.2 Å². The van der Waals surface area contributed by atoms with Crippen molar-refractivity contribution in [2.45, 2.75) is 89.8 Å². The van der Waals surface area contributed by atoms with E-state index < -0.39 is 6.10 Å². The van der Waals surface area contributed by atoms with Crippen molar-refractivity contribution in [1.29, 1.82) is 0 Å². The van der Waals surface area contributed by atoms with Crippen LogP contribution >= 0.6 is 0 Å². The number of piperidine rings is 1. The van der Waals surface area contributed by atoms with Gasteiger partial charge in [0, 0.05) is 24.6 Å². The average molecular weight is 466 g/mol. The second-order valence-electron chi connectivity index (χ2n) is 10.7. The largest absolute Gasteiger partial charge is 0.392 e. The Balaban J connectivity index is 1.29. The molecule has 4 rings (SSSR count). The van der Waals surface area contributed by atoms with Crippen LogP contribution in [0.15, 0.2) is 48.1 Å². The predicted molar refractivity (Wildman–Crippen MR) is 138 cm³/mol. The third kappa shape index (κ3) is 6.40. The summed E-state index contributed by atoms with van der Waals surface area (Å²) < 4.78 is 0. The molecule has 2 N–H and O–H groups in total. The van der Waals surface area contributed by atoms with Crippen molar-refractivity contribution >= 4 is 5.91 Å². The minimum atomic E-state index is -0.397. The van der Waals surface area contributed by atoms with Gasteiger partial charge in [-0.15, -0.1) is 0 Å². The van der Waals surface area contributed by atoms with Gasteiger partial charge >= 0.3 is 0 Å². The van der Waals surface area contributed by atoms with E-state index in [-0.39, 0.29) is 17.9 Å². The quantitative estimate of drug-likeness (QED) is 0.345. The zero-order valence-corrected chi connectivity index (χ0v) is 20.9. The average Bonchev–Trinajstić information content (AvgIpc) is 3.38. The van der Waals surface area contributed by atoms with Gasteiger partial charge in [0.2, 0.25) is 0 Å². The van der Waals surface area contributed by atoms with Crippen LogP contribution in [0.3, 0.4) is 0 Å². The molecule has 3 aliphatic rings. The highest BCUT2D eigenvalue weighted by atomic mass is 16.3. The maximum atomic E-state index is 12.9. The molecule has 2 aliphatic carbocycles. The number of allylic oxidation sites excluding steroid dienone is 2. The summed E-state index contributed by atoms with van der Waals surface area (Å²) in [6, 6.07) is 8.20. The van der Waals surface area contributed by atoms with E-state index in [0.29, 0.717) is 11.8 Å². The number of unbranched alkanes of at least 4 members (excludes halogenated alkanes) is 2. The number of hydrogen-bond acceptors (Lipinski definition) is 3. The first-order chi connectivity index (χ1) is 16.5. The number of aryl methyl sites for hydroxylation is 1. The summed E-state index contributed by atoms with van der Waals surface area (Å²) in [4.78, 5) is 14.9. The van der Waals surface area contributed by atoms with Gasteiger partial charge in [-0.05, 0) is 80.9 Å². The van der Waals surface area contributed by atoms with Crippen molar-refractivity contribution in [2.75, 3.05) is 13.1 Å². The molecule has 1 saturated carbocycles. The lowest BCUT2D eigenvalue weighted by atomic mass is 9.88. The number of rotatable bonds is 10. The molecule has 1 aromatic rings. The van der Waals surface area contributed by atoms with Gasteiger partial charge in [-0.25, -0.2) is 0 Å². The highest BCUT2D eigenvalue weighted by Crippen LogP contribution is 2.48. The smallest absolute Gasteiger partial charge is 0.253 e. The van der Waals surface area contributed by atoms with Crippen LogP contribution in [-0.2, 0) is 6.42 Å². The number of benzene rings is 1. The van der Waals surface area contributed by atoms with Gasteiger partial charge in [0.05, 0.1) is 12.2 Å². The van der Waals surface area contributed by atoms with Gasteiger partial charge in [0.25, 0.3) is 5.91 Å². The minimum Gasteiger partial charge on any atom is -0.392 e. The highest BCUT2D eigenvalue weighted by molar-refractivity contribution is 5.94. The Morgan fingerprint density at radius 3 is 2.79 bits per heavy atom. The molecule has 2 fully saturated rings. The summed E-state index contributed by atoms with van der Waals surface area (Å²) in [5.41, 5.74) is 3.53. The third-order valence-corrected chi connectivity index (χ3v) is 8.16. The lowest BCUT2D eigenvalue weighted by Gasteiger charge is -2.26. The first-order valence-electron chi connectivity index (χ1n) is 13.7. The molecule has 1 heterocycles. The predicted octanol–water partition coefficient (Wildman–Crippen LogP) is 5.69. The summed E-state index contributed by atoms with van der Waals surface area (Å²) in [5.74, 6) is 1.22. The highest BCUT2D eigenvalue weighted by Gasteiger charge is 2.43. The van der Waals surface area contributed by atoms with Gasteiger partial charge in [0.1, 0.15) is 0 Å². The minimum absolute atomic E-state index is 0.144. The number of carbonyl (C=O) groups excluding carboxylic acids is 1. The summed E-state index contributed by atoms with van der Waals surface area (Å²) in [5, 5.41) is 20.9. The Labute approximate surface area is 205 Å². The Hall–Kier alpha value is -1.91. The fourth-order valence-corrected chi connectivity index (χ4v) is 6.19. The molecule has 4 heteroatoms. The van der Waals surface area contributed by atoms with Gasteiger partial charge in [-0.3, -0.25) is 4.79 Å². The van der Waals surface area contributed by atoms with Crippen LogP contribution in [-0.4, -0.2) is 46.3 Å². The Morgan fingerprint density at radius 1 is 1.18 bits per heavy atom. The molecule has 5 atom stereocenters. The monoisotopic (exact) mass is 465 g/mol. The van der Waals surface area contributed by atoms with Gasteiger partial charge in [-0.2, -0.15) is 0 Å². The molecule has 0 unspecified atom stereocenters. The molecule has 1 amide bonds. The topological polar surface area (TPSA) is 60.8 Å². The van der Waals surface area contributed by atoms with Crippen molar-refractivity contribution in [3.8, 4) is 0 Å². The molecule has 1 aliphatic heterocycles. The molecule has 1 aromatic carbocycles. The van der Waals surface area contributed by atoms with E-state index >= 15 is 0 Å². The fraction of sp³-hybridized carbons (Fsp3) is 0.633. The Morgan fingerprint density at radius 2 is 2.00 bits per heavy atom. The summed E-state index contributed by atoms with van der Waals surface area (Å²) >= 11 is 0. The van der Waals surface area contributed by atoms with E-state index in [1.807, 2.05) is 23.1 Å². The number of nitrogens with zero attached hydrogens (tertiary/aromatic N) is 1. The number of hydrogen-bond donors (Lipinski definition) is 2. The van der Waals surface area contributed by atoms with Crippen LogP contribution in [0, 0.1) is 17.8 Å². The lowest BCUT2D eigenvalue weighted by molar-refractivity contribution is 0.0724. The molecule has 4 nitrogen and oxygen atoms in total. The molecule has 0 spiro atoms. The first-order valence-corrected chi connectivity index (χ1v) is 13.7. The molecule has 0 radical (unpaired) electrons. The van der Waals surface area contributed by atoms with E-state index in [2.05, 4.69) is 31.2 Å². The molecule has 186 valence electrons. The molecule has 0 bridgehead atoms. The molecule has 0 aromatic heterocycles. The molecule has 1 saturated heterocycles. The number of amides is 1. The molecule has 34 heavy (non-hydrogen) atoms. The SMILES string of the molecule is CCCCC[C@H](O)C=C[C@@H]1[C@H]2CC(CCc3cccc(C(=O)N4CCCCC4)c3)=C[C@H]2C[C@H]1O. The van der Waals surface area contributed by atoms with Crippen LogP contribution in [0.5, 0.6) is 0 Å².